The normalized spacial score (nSPS) is 10.9. The highest BCUT2D eigenvalue weighted by atomic mass is 16.5. The molecule has 22 heavy (non-hydrogen) atoms. The first-order valence-corrected chi connectivity index (χ1v) is 7.19. The minimum absolute atomic E-state index is 0.305. The Labute approximate surface area is 129 Å². The first kappa shape index (κ1) is 14.4. The zero-order valence-corrected chi connectivity index (χ0v) is 13.2. The monoisotopic (exact) mass is 294 g/mol. The maximum absolute atomic E-state index is 11.2. The fraction of sp³-hybridized carbons (Fsp3) is 0.211. The second-order valence-corrected chi connectivity index (χ2v) is 5.58. The highest BCUT2D eigenvalue weighted by molar-refractivity contribution is 6.00. The fourth-order valence-electron chi connectivity index (χ4n) is 2.77. The van der Waals surface area contributed by atoms with E-state index in [0.717, 1.165) is 33.0 Å². The first-order valence-electron chi connectivity index (χ1n) is 7.19. The molecular weight excluding hydrogens is 276 g/mol. The van der Waals surface area contributed by atoms with Crippen molar-refractivity contribution in [3.8, 4) is 11.5 Å². The zero-order chi connectivity index (χ0) is 15.9. The molecule has 0 spiro atoms. The van der Waals surface area contributed by atoms with E-state index >= 15 is 0 Å². The number of ether oxygens (including phenoxy) is 2. The Bertz CT molecular complexity index is 894. The molecule has 112 valence electrons. The van der Waals surface area contributed by atoms with Crippen molar-refractivity contribution in [1.82, 2.24) is 0 Å². The average molecular weight is 294 g/mol. The highest BCUT2D eigenvalue weighted by Gasteiger charge is 2.08. The highest BCUT2D eigenvalue weighted by Crippen LogP contribution is 2.32. The molecule has 0 unspecified atom stereocenters. The SMILES string of the molecule is COc1cc2cc3cc(OC(C)=O)c(C)cc3cc2cc1C. The molecule has 0 radical (unpaired) electrons. The van der Waals surface area contributed by atoms with Gasteiger partial charge in [0.2, 0.25) is 0 Å². The van der Waals surface area contributed by atoms with E-state index in [9.17, 15) is 4.79 Å². The first-order chi connectivity index (χ1) is 10.5. The predicted molar refractivity (Wildman–Crippen MR) is 88.8 cm³/mol. The third kappa shape index (κ3) is 2.50. The second kappa shape index (κ2) is 5.34. The van der Waals surface area contributed by atoms with E-state index in [2.05, 4.69) is 18.2 Å². The molecule has 0 amide bonds. The molecule has 3 aromatic rings. The van der Waals surface area contributed by atoms with Crippen LogP contribution in [-0.2, 0) is 4.79 Å². The van der Waals surface area contributed by atoms with E-state index in [-0.39, 0.29) is 5.97 Å². The Hall–Kier alpha value is -2.55. The lowest BCUT2D eigenvalue weighted by molar-refractivity contribution is -0.131. The molecule has 0 aliphatic heterocycles. The molecule has 0 aliphatic rings. The van der Waals surface area contributed by atoms with Gasteiger partial charge in [0.25, 0.3) is 0 Å². The number of carbonyl (C=O) groups is 1. The van der Waals surface area contributed by atoms with Crippen LogP contribution in [0.25, 0.3) is 21.5 Å². The van der Waals surface area contributed by atoms with Gasteiger partial charge >= 0.3 is 5.97 Å². The molecular formula is C19H18O3. The van der Waals surface area contributed by atoms with Crippen LogP contribution in [0, 0.1) is 13.8 Å². The van der Waals surface area contributed by atoms with Crippen molar-refractivity contribution >= 4 is 27.5 Å². The van der Waals surface area contributed by atoms with Crippen molar-refractivity contribution in [3.63, 3.8) is 0 Å². The number of hydrogen-bond acceptors (Lipinski definition) is 3. The number of esters is 1. The third-order valence-electron chi connectivity index (χ3n) is 3.86. The van der Waals surface area contributed by atoms with Gasteiger partial charge < -0.3 is 9.47 Å². The second-order valence-electron chi connectivity index (χ2n) is 5.58. The van der Waals surface area contributed by atoms with Crippen LogP contribution in [0.4, 0.5) is 0 Å². The summed E-state index contributed by atoms with van der Waals surface area (Å²) in [6.45, 7) is 5.40. The van der Waals surface area contributed by atoms with Gasteiger partial charge in [-0.25, -0.2) is 0 Å². The third-order valence-corrected chi connectivity index (χ3v) is 3.86. The van der Waals surface area contributed by atoms with Gasteiger partial charge in [-0.05, 0) is 82.9 Å². The summed E-state index contributed by atoms with van der Waals surface area (Å²) in [7, 11) is 1.68. The number of benzene rings is 3. The number of rotatable bonds is 2. The quantitative estimate of drug-likeness (QED) is 0.395. The van der Waals surface area contributed by atoms with Crippen LogP contribution in [0.2, 0.25) is 0 Å². The van der Waals surface area contributed by atoms with Gasteiger partial charge in [-0.2, -0.15) is 0 Å². The number of carbonyl (C=O) groups excluding carboxylic acids is 1. The summed E-state index contributed by atoms with van der Waals surface area (Å²) in [5.74, 6) is 1.18. The Morgan fingerprint density at radius 2 is 1.23 bits per heavy atom. The van der Waals surface area contributed by atoms with E-state index in [1.54, 1.807) is 7.11 Å². The molecule has 3 rings (SSSR count). The van der Waals surface area contributed by atoms with E-state index in [1.807, 2.05) is 32.0 Å². The topological polar surface area (TPSA) is 35.5 Å². The number of fused-ring (bicyclic) bond motifs is 2. The van der Waals surface area contributed by atoms with Gasteiger partial charge in [-0.1, -0.05) is 0 Å². The molecule has 3 aromatic carbocycles. The van der Waals surface area contributed by atoms with Gasteiger partial charge in [0, 0.05) is 6.92 Å². The summed E-state index contributed by atoms with van der Waals surface area (Å²) >= 11 is 0. The van der Waals surface area contributed by atoms with Crippen LogP contribution in [-0.4, -0.2) is 13.1 Å². The average Bonchev–Trinajstić information content (AvgIpc) is 2.45. The molecule has 0 N–H and O–H groups in total. The molecule has 0 aliphatic carbocycles. The fourth-order valence-corrected chi connectivity index (χ4v) is 2.77. The van der Waals surface area contributed by atoms with Crippen molar-refractivity contribution in [1.29, 1.82) is 0 Å². The van der Waals surface area contributed by atoms with E-state index in [4.69, 9.17) is 9.47 Å². The summed E-state index contributed by atoms with van der Waals surface area (Å²) in [5.41, 5.74) is 2.06. The van der Waals surface area contributed by atoms with Gasteiger partial charge in [-0.3, -0.25) is 4.79 Å². The number of aryl methyl sites for hydroxylation is 2. The number of hydrogen-bond donors (Lipinski definition) is 0. The minimum atomic E-state index is -0.305. The maximum Gasteiger partial charge on any atom is 0.308 e. The van der Waals surface area contributed by atoms with Gasteiger partial charge in [0.05, 0.1) is 7.11 Å². The summed E-state index contributed by atoms with van der Waals surface area (Å²) in [6, 6.07) is 12.4. The molecule has 3 nitrogen and oxygen atoms in total. The summed E-state index contributed by atoms with van der Waals surface area (Å²) in [5, 5.41) is 4.45. The van der Waals surface area contributed by atoms with Crippen LogP contribution in [0.15, 0.2) is 36.4 Å². The van der Waals surface area contributed by atoms with Gasteiger partial charge in [0.1, 0.15) is 11.5 Å². The lowest BCUT2D eigenvalue weighted by atomic mass is 9.99. The molecule has 3 heteroatoms. The molecule has 0 saturated heterocycles. The molecule has 0 aromatic heterocycles. The standard InChI is InChI=1S/C19H18O3/c1-11-5-14-7-15-6-12(2)19(22-13(3)20)10-17(15)8-16(14)9-18(11)21-4/h5-10H,1-4H3. The molecule has 0 heterocycles. The van der Waals surface area contributed by atoms with Crippen molar-refractivity contribution in [2.75, 3.05) is 7.11 Å². The summed E-state index contributed by atoms with van der Waals surface area (Å²) < 4.78 is 10.7. The van der Waals surface area contributed by atoms with E-state index < -0.39 is 0 Å². The molecule has 0 fully saturated rings. The van der Waals surface area contributed by atoms with Crippen LogP contribution in [0.1, 0.15) is 18.1 Å². The van der Waals surface area contributed by atoms with Crippen LogP contribution in [0.3, 0.4) is 0 Å². The maximum atomic E-state index is 11.2. The summed E-state index contributed by atoms with van der Waals surface area (Å²) in [6.07, 6.45) is 0. The van der Waals surface area contributed by atoms with Crippen molar-refractivity contribution in [2.45, 2.75) is 20.8 Å². The molecule has 0 saturated carbocycles. The van der Waals surface area contributed by atoms with Crippen LogP contribution < -0.4 is 9.47 Å². The Morgan fingerprint density at radius 3 is 1.73 bits per heavy atom. The number of methoxy groups -OCH3 is 1. The van der Waals surface area contributed by atoms with Crippen molar-refractivity contribution < 1.29 is 14.3 Å². The van der Waals surface area contributed by atoms with Crippen LogP contribution >= 0.6 is 0 Å². The molecule has 0 bridgehead atoms. The van der Waals surface area contributed by atoms with Crippen molar-refractivity contribution in [3.05, 3.63) is 47.5 Å². The van der Waals surface area contributed by atoms with E-state index in [1.165, 1.54) is 12.3 Å². The largest absolute Gasteiger partial charge is 0.496 e. The Morgan fingerprint density at radius 1 is 0.773 bits per heavy atom. The zero-order valence-electron chi connectivity index (χ0n) is 13.2. The van der Waals surface area contributed by atoms with Gasteiger partial charge in [0.15, 0.2) is 0 Å². The minimum Gasteiger partial charge on any atom is -0.496 e. The predicted octanol–water partition coefficient (Wildman–Crippen LogP) is 4.54. The molecule has 0 atom stereocenters. The summed E-state index contributed by atoms with van der Waals surface area (Å²) in [4.78, 5) is 11.2. The van der Waals surface area contributed by atoms with Gasteiger partial charge in [-0.15, -0.1) is 0 Å². The van der Waals surface area contributed by atoms with E-state index in [0.29, 0.717) is 5.75 Å². The van der Waals surface area contributed by atoms with Crippen LogP contribution in [0.5, 0.6) is 11.5 Å². The Balaban J connectivity index is 2.25. The van der Waals surface area contributed by atoms with Crippen molar-refractivity contribution in [2.24, 2.45) is 0 Å². The lowest BCUT2D eigenvalue weighted by Gasteiger charge is -2.11. The lowest BCUT2D eigenvalue weighted by Crippen LogP contribution is -2.02. The smallest absolute Gasteiger partial charge is 0.308 e. The Kier molecular flexibility index (Phi) is 3.49.